The molecule has 0 aromatic carbocycles. The molecule has 0 bridgehead atoms. The topological polar surface area (TPSA) is 0 Å². The van der Waals surface area contributed by atoms with Crippen molar-refractivity contribution in [1.29, 1.82) is 0 Å². The first-order valence-corrected chi connectivity index (χ1v) is 3.51. The van der Waals surface area contributed by atoms with Crippen LogP contribution in [-0.4, -0.2) is 0 Å². The maximum atomic E-state index is 2.42. The van der Waals surface area contributed by atoms with E-state index < -0.39 is 0 Å². The SMILES string of the molecule is C1=C2CC[C]2CCC1. The summed E-state index contributed by atoms with van der Waals surface area (Å²) in [5.74, 6) is 1.76. The zero-order valence-electron chi connectivity index (χ0n) is 5.11. The smallest absolute Gasteiger partial charge is 0.000872 e. The molecule has 1 saturated carbocycles. The van der Waals surface area contributed by atoms with Crippen LogP contribution < -0.4 is 0 Å². The van der Waals surface area contributed by atoms with E-state index in [0.29, 0.717) is 0 Å². The van der Waals surface area contributed by atoms with Crippen molar-refractivity contribution < 1.29 is 0 Å². The first kappa shape index (κ1) is 4.60. The summed E-state index contributed by atoms with van der Waals surface area (Å²) in [6, 6.07) is 0. The fourth-order valence-electron chi connectivity index (χ4n) is 1.57. The number of hydrogen-bond acceptors (Lipinski definition) is 0. The Labute approximate surface area is 50.6 Å². The van der Waals surface area contributed by atoms with Crippen LogP contribution in [0, 0.1) is 5.92 Å². The largest absolute Gasteiger partial charge is 0.0847 e. The number of hydrogen-bond donors (Lipinski definition) is 0. The molecule has 0 aliphatic heterocycles. The first-order chi connectivity index (χ1) is 3.97. The molecule has 0 spiro atoms. The number of fused-ring (bicyclic) bond motifs is 1. The molecule has 2 rings (SSSR count). The highest BCUT2D eigenvalue weighted by Gasteiger charge is 2.25. The van der Waals surface area contributed by atoms with E-state index in [-0.39, 0.29) is 0 Å². The molecule has 0 saturated heterocycles. The summed E-state index contributed by atoms with van der Waals surface area (Å²) in [6.45, 7) is 0. The minimum Gasteiger partial charge on any atom is -0.0847 e. The van der Waals surface area contributed by atoms with Gasteiger partial charge in [0, 0.05) is 5.92 Å². The van der Waals surface area contributed by atoms with Gasteiger partial charge in [0.15, 0.2) is 0 Å². The van der Waals surface area contributed by atoms with E-state index in [1.165, 1.54) is 32.1 Å². The van der Waals surface area contributed by atoms with Gasteiger partial charge in [0.05, 0.1) is 0 Å². The molecular weight excluding hydrogens is 96.1 g/mol. The second-order valence-electron chi connectivity index (χ2n) is 2.73. The summed E-state index contributed by atoms with van der Waals surface area (Å²) < 4.78 is 0. The summed E-state index contributed by atoms with van der Waals surface area (Å²) in [6.07, 6.45) is 9.38. The van der Waals surface area contributed by atoms with Crippen molar-refractivity contribution in [2.24, 2.45) is 0 Å². The van der Waals surface area contributed by atoms with E-state index in [1.807, 2.05) is 0 Å². The Bertz CT molecular complexity index is 122. The van der Waals surface area contributed by atoms with Gasteiger partial charge in [-0.1, -0.05) is 11.6 Å². The van der Waals surface area contributed by atoms with E-state index in [9.17, 15) is 0 Å². The molecule has 2 aliphatic carbocycles. The summed E-state index contributed by atoms with van der Waals surface area (Å²) in [4.78, 5) is 0. The normalized spacial score (nSPS) is 28.2. The minimum atomic E-state index is 1.35. The van der Waals surface area contributed by atoms with Gasteiger partial charge >= 0.3 is 0 Å². The Hall–Kier alpha value is -0.260. The average Bonchev–Trinajstić information content (AvgIpc) is 1.72. The maximum absolute atomic E-state index is 2.42. The van der Waals surface area contributed by atoms with Gasteiger partial charge in [0.2, 0.25) is 0 Å². The lowest BCUT2D eigenvalue weighted by Gasteiger charge is -2.32. The van der Waals surface area contributed by atoms with Crippen LogP contribution in [0.1, 0.15) is 32.1 Å². The van der Waals surface area contributed by atoms with Gasteiger partial charge in [-0.2, -0.15) is 0 Å². The quantitative estimate of drug-likeness (QED) is 0.446. The standard InChI is InChI=1S/C8H11/c1-2-4-8-6-5-7(8)3-1/h3H,1-2,4-6H2. The van der Waals surface area contributed by atoms with Crippen molar-refractivity contribution in [3.8, 4) is 0 Å². The van der Waals surface area contributed by atoms with Crippen LogP contribution in [-0.2, 0) is 0 Å². The summed E-state index contributed by atoms with van der Waals surface area (Å²) >= 11 is 0. The Morgan fingerprint density at radius 1 is 1.12 bits per heavy atom. The molecule has 0 aromatic heterocycles. The zero-order valence-corrected chi connectivity index (χ0v) is 5.11. The van der Waals surface area contributed by atoms with Gasteiger partial charge in [-0.05, 0) is 32.1 Å². The Balaban J connectivity index is 2.13. The number of allylic oxidation sites excluding steroid dienone is 2. The molecule has 0 aromatic rings. The van der Waals surface area contributed by atoms with Crippen molar-refractivity contribution in [2.45, 2.75) is 32.1 Å². The molecule has 1 fully saturated rings. The fraction of sp³-hybridized carbons (Fsp3) is 0.625. The Morgan fingerprint density at radius 2 is 2.12 bits per heavy atom. The second kappa shape index (κ2) is 1.61. The highest BCUT2D eigenvalue weighted by atomic mass is 14.3. The monoisotopic (exact) mass is 107 g/mol. The molecule has 2 aliphatic rings. The van der Waals surface area contributed by atoms with Crippen molar-refractivity contribution in [1.82, 2.24) is 0 Å². The molecule has 0 heterocycles. The van der Waals surface area contributed by atoms with E-state index in [0.717, 1.165) is 0 Å². The van der Waals surface area contributed by atoms with Crippen LogP contribution in [0.15, 0.2) is 11.6 Å². The summed E-state index contributed by atoms with van der Waals surface area (Å²) in [5, 5.41) is 0. The lowest BCUT2D eigenvalue weighted by atomic mass is 9.73. The van der Waals surface area contributed by atoms with Crippen molar-refractivity contribution in [2.75, 3.05) is 0 Å². The van der Waals surface area contributed by atoms with Gasteiger partial charge in [0.1, 0.15) is 0 Å². The lowest BCUT2D eigenvalue weighted by molar-refractivity contribution is 0.578. The zero-order chi connectivity index (χ0) is 5.40. The molecule has 0 unspecified atom stereocenters. The highest BCUT2D eigenvalue weighted by molar-refractivity contribution is 5.34. The van der Waals surface area contributed by atoms with Crippen molar-refractivity contribution in [3.05, 3.63) is 17.6 Å². The molecule has 43 valence electrons. The van der Waals surface area contributed by atoms with E-state index in [2.05, 4.69) is 6.08 Å². The van der Waals surface area contributed by atoms with Crippen LogP contribution in [0.5, 0.6) is 0 Å². The molecule has 0 N–H and O–H groups in total. The van der Waals surface area contributed by atoms with Crippen molar-refractivity contribution in [3.63, 3.8) is 0 Å². The van der Waals surface area contributed by atoms with E-state index >= 15 is 0 Å². The molecule has 0 nitrogen and oxygen atoms in total. The summed E-state index contributed by atoms with van der Waals surface area (Å²) in [7, 11) is 0. The van der Waals surface area contributed by atoms with Crippen LogP contribution >= 0.6 is 0 Å². The van der Waals surface area contributed by atoms with Gasteiger partial charge in [0.25, 0.3) is 0 Å². The van der Waals surface area contributed by atoms with Crippen LogP contribution in [0.2, 0.25) is 0 Å². The molecule has 0 atom stereocenters. The molecule has 8 heavy (non-hydrogen) atoms. The van der Waals surface area contributed by atoms with Crippen LogP contribution in [0.3, 0.4) is 0 Å². The minimum absolute atomic E-state index is 1.35. The predicted octanol–water partition coefficient (Wildman–Crippen LogP) is 2.46. The maximum Gasteiger partial charge on any atom is 0.000872 e. The lowest BCUT2D eigenvalue weighted by Crippen LogP contribution is -2.15. The molecule has 0 heteroatoms. The summed E-state index contributed by atoms with van der Waals surface area (Å²) in [5.41, 5.74) is 1.69. The van der Waals surface area contributed by atoms with E-state index in [1.54, 1.807) is 11.5 Å². The third-order valence-corrected chi connectivity index (χ3v) is 2.22. The van der Waals surface area contributed by atoms with Gasteiger partial charge in [-0.25, -0.2) is 0 Å². The fourth-order valence-corrected chi connectivity index (χ4v) is 1.57. The van der Waals surface area contributed by atoms with E-state index in [4.69, 9.17) is 0 Å². The van der Waals surface area contributed by atoms with Gasteiger partial charge < -0.3 is 0 Å². The predicted molar refractivity (Wildman–Crippen MR) is 34.4 cm³/mol. The third-order valence-electron chi connectivity index (χ3n) is 2.22. The van der Waals surface area contributed by atoms with Crippen LogP contribution in [0.4, 0.5) is 0 Å². The van der Waals surface area contributed by atoms with Crippen molar-refractivity contribution >= 4 is 0 Å². The molecule has 0 amide bonds. The Morgan fingerprint density at radius 3 is 2.50 bits per heavy atom. The van der Waals surface area contributed by atoms with Crippen LogP contribution in [0.25, 0.3) is 0 Å². The third kappa shape index (κ3) is 0.521. The van der Waals surface area contributed by atoms with Gasteiger partial charge in [-0.3, -0.25) is 0 Å². The number of rotatable bonds is 0. The Kier molecular flexibility index (Phi) is 0.927. The first-order valence-electron chi connectivity index (χ1n) is 3.51. The molecular formula is C8H11. The molecule has 1 radical (unpaired) electrons. The second-order valence-corrected chi connectivity index (χ2v) is 2.73. The average molecular weight is 107 g/mol. The van der Waals surface area contributed by atoms with Gasteiger partial charge in [-0.15, -0.1) is 0 Å². The highest BCUT2D eigenvalue weighted by Crippen LogP contribution is 2.42.